The molecule has 0 radical (unpaired) electrons. The van der Waals surface area contributed by atoms with E-state index in [9.17, 15) is 4.39 Å². The van der Waals surface area contributed by atoms with Crippen molar-refractivity contribution in [3.8, 4) is 0 Å². The van der Waals surface area contributed by atoms with Gasteiger partial charge in [-0.3, -0.25) is 0 Å². The predicted octanol–water partition coefficient (Wildman–Crippen LogP) is 3.01. The molecule has 3 nitrogen and oxygen atoms in total. The average Bonchev–Trinajstić information content (AvgIpc) is 2.42. The lowest BCUT2D eigenvalue weighted by Crippen LogP contribution is -2.24. The van der Waals surface area contributed by atoms with Gasteiger partial charge in [0.2, 0.25) is 0 Å². The van der Waals surface area contributed by atoms with Gasteiger partial charge in [0, 0.05) is 6.20 Å². The van der Waals surface area contributed by atoms with Gasteiger partial charge in [-0.1, -0.05) is 13.0 Å². The van der Waals surface area contributed by atoms with Gasteiger partial charge >= 0.3 is 0 Å². The third kappa shape index (κ3) is 3.35. The number of hydrogen-bond donors (Lipinski definition) is 1. The van der Waals surface area contributed by atoms with Crippen molar-refractivity contribution in [2.45, 2.75) is 26.3 Å². The maximum atomic E-state index is 13.2. The molecule has 0 aliphatic heterocycles. The summed E-state index contributed by atoms with van der Waals surface area (Å²) in [4.78, 5) is 8.24. The molecule has 1 N–H and O–H groups in total. The van der Waals surface area contributed by atoms with Crippen LogP contribution in [0.1, 0.15) is 36.2 Å². The zero-order valence-electron chi connectivity index (χ0n) is 11.2. The van der Waals surface area contributed by atoms with Crippen LogP contribution in [0.25, 0.3) is 0 Å². The van der Waals surface area contributed by atoms with Gasteiger partial charge in [-0.2, -0.15) is 0 Å². The first kappa shape index (κ1) is 13.6. The third-order valence-electron chi connectivity index (χ3n) is 3.04. The van der Waals surface area contributed by atoms with E-state index < -0.39 is 0 Å². The Labute approximate surface area is 112 Å². The fourth-order valence-corrected chi connectivity index (χ4v) is 2.10. The highest BCUT2D eigenvalue weighted by Gasteiger charge is 2.16. The Morgan fingerprint density at radius 1 is 1.32 bits per heavy atom. The number of benzene rings is 1. The SMILES string of the molecule is CCCNC(c1ccncn1)c1ccc(F)cc1C. The standard InChI is InChI=1S/C15H18FN3/c1-3-7-18-15(14-6-8-17-10-19-14)13-5-4-12(16)9-11(13)2/h4-6,8-10,15,18H,3,7H2,1-2H3. The van der Waals surface area contributed by atoms with Gasteiger partial charge in [-0.05, 0) is 49.2 Å². The number of rotatable bonds is 5. The smallest absolute Gasteiger partial charge is 0.123 e. The topological polar surface area (TPSA) is 37.8 Å². The predicted molar refractivity (Wildman–Crippen MR) is 73.3 cm³/mol. The lowest BCUT2D eigenvalue weighted by Gasteiger charge is -2.20. The van der Waals surface area contributed by atoms with Crippen LogP contribution in [0.2, 0.25) is 0 Å². The van der Waals surface area contributed by atoms with Gasteiger partial charge < -0.3 is 5.32 Å². The highest BCUT2D eigenvalue weighted by molar-refractivity contribution is 5.34. The second-order valence-electron chi connectivity index (χ2n) is 4.52. The molecule has 4 heteroatoms. The third-order valence-corrected chi connectivity index (χ3v) is 3.04. The minimum Gasteiger partial charge on any atom is -0.305 e. The van der Waals surface area contributed by atoms with E-state index in [2.05, 4.69) is 22.2 Å². The van der Waals surface area contributed by atoms with Crippen LogP contribution in [-0.2, 0) is 0 Å². The van der Waals surface area contributed by atoms with Gasteiger partial charge in [-0.25, -0.2) is 14.4 Å². The highest BCUT2D eigenvalue weighted by atomic mass is 19.1. The molecule has 0 spiro atoms. The molecular formula is C15H18FN3. The van der Waals surface area contributed by atoms with Crippen molar-refractivity contribution in [1.29, 1.82) is 0 Å². The minimum atomic E-state index is -0.210. The quantitative estimate of drug-likeness (QED) is 0.897. The van der Waals surface area contributed by atoms with Crippen LogP contribution in [-0.4, -0.2) is 16.5 Å². The number of hydrogen-bond acceptors (Lipinski definition) is 3. The van der Waals surface area contributed by atoms with E-state index in [0.29, 0.717) is 0 Å². The summed E-state index contributed by atoms with van der Waals surface area (Å²) in [5.74, 6) is -0.210. The van der Waals surface area contributed by atoms with Crippen LogP contribution in [0.3, 0.4) is 0 Å². The Morgan fingerprint density at radius 3 is 2.79 bits per heavy atom. The number of nitrogens with zero attached hydrogens (tertiary/aromatic N) is 2. The van der Waals surface area contributed by atoms with E-state index in [1.807, 2.05) is 19.1 Å². The average molecular weight is 259 g/mol. The second-order valence-corrected chi connectivity index (χ2v) is 4.52. The number of halogens is 1. The normalized spacial score (nSPS) is 12.4. The molecular weight excluding hydrogens is 241 g/mol. The van der Waals surface area contributed by atoms with Crippen molar-refractivity contribution >= 4 is 0 Å². The van der Waals surface area contributed by atoms with Crippen molar-refractivity contribution in [3.05, 3.63) is 59.4 Å². The van der Waals surface area contributed by atoms with Crippen molar-refractivity contribution < 1.29 is 4.39 Å². The number of aromatic nitrogens is 2. The summed E-state index contributed by atoms with van der Waals surface area (Å²) < 4.78 is 13.2. The molecule has 0 bridgehead atoms. The Balaban J connectivity index is 2.37. The molecule has 1 aromatic heterocycles. The molecule has 1 atom stereocenters. The summed E-state index contributed by atoms with van der Waals surface area (Å²) in [5.41, 5.74) is 2.87. The molecule has 100 valence electrons. The summed E-state index contributed by atoms with van der Waals surface area (Å²) in [6, 6.07) is 6.72. The van der Waals surface area contributed by atoms with Crippen LogP contribution >= 0.6 is 0 Å². The maximum absolute atomic E-state index is 13.2. The first-order valence-electron chi connectivity index (χ1n) is 6.47. The Bertz CT molecular complexity index is 528. The Kier molecular flexibility index (Phi) is 4.58. The first-order valence-corrected chi connectivity index (χ1v) is 6.47. The van der Waals surface area contributed by atoms with Crippen LogP contribution in [0.4, 0.5) is 4.39 Å². The molecule has 1 unspecified atom stereocenters. The van der Waals surface area contributed by atoms with Gasteiger partial charge in [0.25, 0.3) is 0 Å². The van der Waals surface area contributed by atoms with Crippen molar-refractivity contribution in [1.82, 2.24) is 15.3 Å². The summed E-state index contributed by atoms with van der Waals surface area (Å²) in [6.45, 7) is 4.91. The Hall–Kier alpha value is -1.81. The summed E-state index contributed by atoms with van der Waals surface area (Å²) in [7, 11) is 0. The van der Waals surface area contributed by atoms with E-state index in [-0.39, 0.29) is 11.9 Å². The van der Waals surface area contributed by atoms with Crippen molar-refractivity contribution in [2.75, 3.05) is 6.54 Å². The van der Waals surface area contributed by atoms with E-state index in [1.54, 1.807) is 12.3 Å². The molecule has 1 heterocycles. The molecule has 2 aromatic rings. The molecule has 2 rings (SSSR count). The van der Waals surface area contributed by atoms with E-state index in [1.165, 1.54) is 12.4 Å². The molecule has 19 heavy (non-hydrogen) atoms. The fraction of sp³-hybridized carbons (Fsp3) is 0.333. The van der Waals surface area contributed by atoms with E-state index in [4.69, 9.17) is 0 Å². The lowest BCUT2D eigenvalue weighted by atomic mass is 9.98. The summed E-state index contributed by atoms with van der Waals surface area (Å²) in [5, 5.41) is 3.45. The molecule has 0 aliphatic rings. The van der Waals surface area contributed by atoms with Crippen LogP contribution < -0.4 is 5.32 Å². The molecule has 0 aliphatic carbocycles. The number of nitrogens with one attached hydrogen (secondary N) is 1. The van der Waals surface area contributed by atoms with Crippen molar-refractivity contribution in [3.63, 3.8) is 0 Å². The first-order chi connectivity index (χ1) is 9.22. The fourth-order valence-electron chi connectivity index (χ4n) is 2.10. The van der Waals surface area contributed by atoms with Crippen molar-refractivity contribution in [2.24, 2.45) is 0 Å². The molecule has 1 aromatic carbocycles. The van der Waals surface area contributed by atoms with Gasteiger partial charge in [0.05, 0.1) is 11.7 Å². The molecule has 0 amide bonds. The molecule has 0 saturated heterocycles. The molecule has 0 saturated carbocycles. The largest absolute Gasteiger partial charge is 0.305 e. The zero-order chi connectivity index (χ0) is 13.7. The highest BCUT2D eigenvalue weighted by Crippen LogP contribution is 2.23. The zero-order valence-corrected chi connectivity index (χ0v) is 11.2. The lowest BCUT2D eigenvalue weighted by molar-refractivity contribution is 0.578. The summed E-state index contributed by atoms with van der Waals surface area (Å²) >= 11 is 0. The maximum Gasteiger partial charge on any atom is 0.123 e. The monoisotopic (exact) mass is 259 g/mol. The summed E-state index contributed by atoms with van der Waals surface area (Å²) in [6.07, 6.45) is 4.29. The second kappa shape index (κ2) is 6.38. The van der Waals surface area contributed by atoms with Crippen LogP contribution in [0, 0.1) is 12.7 Å². The number of aryl methyl sites for hydroxylation is 1. The van der Waals surface area contributed by atoms with E-state index in [0.717, 1.165) is 29.8 Å². The minimum absolute atomic E-state index is 0.0245. The van der Waals surface area contributed by atoms with Crippen LogP contribution in [0.5, 0.6) is 0 Å². The van der Waals surface area contributed by atoms with Gasteiger partial charge in [0.15, 0.2) is 0 Å². The van der Waals surface area contributed by atoms with Crippen LogP contribution in [0.15, 0.2) is 36.8 Å². The Morgan fingerprint density at radius 2 is 2.16 bits per heavy atom. The van der Waals surface area contributed by atoms with Gasteiger partial charge in [0.1, 0.15) is 12.1 Å². The van der Waals surface area contributed by atoms with E-state index >= 15 is 0 Å². The van der Waals surface area contributed by atoms with Gasteiger partial charge in [-0.15, -0.1) is 0 Å². The molecule has 0 fully saturated rings.